The maximum Gasteiger partial charge on any atom is 0.164 e. The van der Waals surface area contributed by atoms with E-state index in [1.807, 2.05) is 84.9 Å². The van der Waals surface area contributed by atoms with Gasteiger partial charge in [0.1, 0.15) is 0 Å². The lowest BCUT2D eigenvalue weighted by atomic mass is 9.98. The zero-order chi connectivity index (χ0) is 38.7. The van der Waals surface area contributed by atoms with Gasteiger partial charge in [0.05, 0.1) is 0 Å². The van der Waals surface area contributed by atoms with Crippen LogP contribution in [0.2, 0.25) is 0 Å². The van der Waals surface area contributed by atoms with E-state index < -0.39 is 0 Å². The number of nitrogens with zero attached hydrogens (tertiary/aromatic N) is 6. The van der Waals surface area contributed by atoms with Crippen LogP contribution in [0.4, 0.5) is 0 Å². The molecule has 0 aliphatic rings. The Balaban J connectivity index is 1.10. The van der Waals surface area contributed by atoms with E-state index in [4.69, 9.17) is 29.9 Å². The second-order valence-corrected chi connectivity index (χ2v) is 13.9. The third-order valence-electron chi connectivity index (χ3n) is 10.2. The normalized spacial score (nSPS) is 11.1. The molecule has 0 aliphatic carbocycles. The highest BCUT2D eigenvalue weighted by atomic mass is 15.0. The lowest BCUT2D eigenvalue weighted by Crippen LogP contribution is -2.02. The molecular formula is C52H34N6. The minimum absolute atomic E-state index is 0.582. The largest absolute Gasteiger partial charge is 0.208 e. The molecule has 10 rings (SSSR count). The van der Waals surface area contributed by atoms with Gasteiger partial charge in [-0.1, -0.05) is 206 Å². The Morgan fingerprint density at radius 1 is 0.172 bits per heavy atom. The molecule has 0 amide bonds. The molecule has 8 aromatic carbocycles. The monoisotopic (exact) mass is 742 g/mol. The molecule has 0 bridgehead atoms. The topological polar surface area (TPSA) is 77.3 Å². The first-order valence-corrected chi connectivity index (χ1v) is 19.2. The SMILES string of the molecule is c1ccc(-c2ccc(-c3nc(-c4ccccc4)nc(-c4cccc5c(-c6nc(-c7ccccc7)nc(-c7ccc(-c8ccccc8)cc7)n6)cccc45)n3)cc2)cc1. The molecule has 0 fully saturated rings. The van der Waals surface area contributed by atoms with Crippen LogP contribution in [0.1, 0.15) is 0 Å². The standard InChI is InChI=1S/C52H34N6/c1-5-15-35(16-6-1)37-27-31-41(32-28-37)49-53-47(39-19-9-3-10-20-39)55-51(57-49)45-25-13-24-44-43(45)23-14-26-46(44)52-56-48(40-21-11-4-12-22-40)54-50(58-52)42-33-29-38(30-34-42)36-17-7-2-8-18-36/h1-34H. The maximum absolute atomic E-state index is 5.13. The number of fused-ring (bicyclic) bond motifs is 1. The van der Waals surface area contributed by atoms with Gasteiger partial charge in [-0.15, -0.1) is 0 Å². The Morgan fingerprint density at radius 2 is 0.414 bits per heavy atom. The molecule has 272 valence electrons. The zero-order valence-electron chi connectivity index (χ0n) is 31.3. The first kappa shape index (κ1) is 34.5. The van der Waals surface area contributed by atoms with Gasteiger partial charge in [-0.2, -0.15) is 0 Å². The van der Waals surface area contributed by atoms with E-state index >= 15 is 0 Å². The maximum atomic E-state index is 5.13. The summed E-state index contributed by atoms with van der Waals surface area (Å²) in [5, 5.41) is 1.96. The summed E-state index contributed by atoms with van der Waals surface area (Å²) in [7, 11) is 0. The van der Waals surface area contributed by atoms with E-state index in [9.17, 15) is 0 Å². The summed E-state index contributed by atoms with van der Waals surface area (Å²) in [5.41, 5.74) is 9.98. The fourth-order valence-electron chi connectivity index (χ4n) is 7.27. The summed E-state index contributed by atoms with van der Waals surface area (Å²) in [6, 6.07) is 70.1. The van der Waals surface area contributed by atoms with Crippen LogP contribution in [-0.2, 0) is 0 Å². The van der Waals surface area contributed by atoms with Crippen molar-refractivity contribution in [3.05, 3.63) is 206 Å². The molecule has 0 unspecified atom stereocenters. The van der Waals surface area contributed by atoms with Gasteiger partial charge in [0.25, 0.3) is 0 Å². The molecule has 2 aromatic heterocycles. The van der Waals surface area contributed by atoms with E-state index in [-0.39, 0.29) is 0 Å². The predicted octanol–water partition coefficient (Wildman–Crippen LogP) is 12.5. The van der Waals surface area contributed by atoms with Crippen molar-refractivity contribution in [2.45, 2.75) is 0 Å². The third kappa shape index (κ3) is 6.91. The average molecular weight is 743 g/mol. The van der Waals surface area contributed by atoms with E-state index in [0.717, 1.165) is 66.4 Å². The third-order valence-corrected chi connectivity index (χ3v) is 10.2. The van der Waals surface area contributed by atoms with E-state index in [1.165, 1.54) is 0 Å². The van der Waals surface area contributed by atoms with Crippen LogP contribution < -0.4 is 0 Å². The van der Waals surface area contributed by atoms with Crippen LogP contribution in [0.25, 0.3) is 101 Å². The number of aromatic nitrogens is 6. The molecule has 6 nitrogen and oxygen atoms in total. The quantitative estimate of drug-likeness (QED) is 0.154. The number of hydrogen-bond donors (Lipinski definition) is 0. The first-order chi connectivity index (χ1) is 28.7. The van der Waals surface area contributed by atoms with Gasteiger partial charge in [0.2, 0.25) is 0 Å². The highest BCUT2D eigenvalue weighted by Gasteiger charge is 2.18. The van der Waals surface area contributed by atoms with E-state index in [2.05, 4.69) is 121 Å². The van der Waals surface area contributed by atoms with Gasteiger partial charge in [0, 0.05) is 33.4 Å². The fraction of sp³-hybridized carbons (Fsp3) is 0. The van der Waals surface area contributed by atoms with Gasteiger partial charge in [-0.05, 0) is 33.0 Å². The smallest absolute Gasteiger partial charge is 0.164 e. The average Bonchev–Trinajstić information content (AvgIpc) is 3.32. The molecule has 0 saturated carbocycles. The highest BCUT2D eigenvalue weighted by molar-refractivity contribution is 6.03. The van der Waals surface area contributed by atoms with E-state index in [0.29, 0.717) is 34.9 Å². The Kier molecular flexibility index (Phi) is 9.10. The van der Waals surface area contributed by atoms with Crippen molar-refractivity contribution in [3.63, 3.8) is 0 Å². The van der Waals surface area contributed by atoms with Gasteiger partial charge >= 0.3 is 0 Å². The Morgan fingerprint density at radius 3 is 0.741 bits per heavy atom. The molecule has 0 N–H and O–H groups in total. The van der Waals surface area contributed by atoms with Crippen LogP contribution in [-0.4, -0.2) is 29.9 Å². The summed E-state index contributed by atoms with van der Waals surface area (Å²) in [6.07, 6.45) is 0. The Labute approximate surface area is 336 Å². The molecule has 58 heavy (non-hydrogen) atoms. The van der Waals surface area contributed by atoms with Crippen molar-refractivity contribution >= 4 is 10.8 Å². The molecule has 10 aromatic rings. The van der Waals surface area contributed by atoms with Crippen LogP contribution in [0.5, 0.6) is 0 Å². The second kappa shape index (κ2) is 15.3. The Hall–Kier alpha value is -7.96. The molecule has 0 atom stereocenters. The van der Waals surface area contributed by atoms with Crippen LogP contribution in [0.15, 0.2) is 206 Å². The summed E-state index contributed by atoms with van der Waals surface area (Å²) in [5.74, 6) is 3.58. The van der Waals surface area contributed by atoms with Gasteiger partial charge < -0.3 is 0 Å². The lowest BCUT2D eigenvalue weighted by molar-refractivity contribution is 1.07. The number of hydrogen-bond acceptors (Lipinski definition) is 6. The number of rotatable bonds is 8. The van der Waals surface area contributed by atoms with Gasteiger partial charge in [0.15, 0.2) is 34.9 Å². The van der Waals surface area contributed by atoms with Gasteiger partial charge in [-0.25, -0.2) is 29.9 Å². The summed E-state index contributed by atoms with van der Waals surface area (Å²) in [4.78, 5) is 30.4. The molecule has 0 radical (unpaired) electrons. The minimum atomic E-state index is 0.582. The molecular weight excluding hydrogens is 709 g/mol. The molecule has 0 aliphatic heterocycles. The summed E-state index contributed by atoms with van der Waals surface area (Å²) < 4.78 is 0. The van der Waals surface area contributed by atoms with Crippen LogP contribution >= 0.6 is 0 Å². The molecule has 2 heterocycles. The van der Waals surface area contributed by atoms with Crippen molar-refractivity contribution in [1.29, 1.82) is 0 Å². The van der Waals surface area contributed by atoms with Crippen molar-refractivity contribution in [2.75, 3.05) is 0 Å². The highest BCUT2D eigenvalue weighted by Crippen LogP contribution is 2.36. The van der Waals surface area contributed by atoms with Crippen molar-refractivity contribution in [3.8, 4) is 90.6 Å². The minimum Gasteiger partial charge on any atom is -0.208 e. The van der Waals surface area contributed by atoms with Crippen molar-refractivity contribution in [1.82, 2.24) is 29.9 Å². The van der Waals surface area contributed by atoms with Gasteiger partial charge in [-0.3, -0.25) is 0 Å². The lowest BCUT2D eigenvalue weighted by Gasteiger charge is -2.13. The van der Waals surface area contributed by atoms with E-state index in [1.54, 1.807) is 0 Å². The molecule has 6 heteroatoms. The first-order valence-electron chi connectivity index (χ1n) is 19.2. The second-order valence-electron chi connectivity index (χ2n) is 13.9. The summed E-state index contributed by atoms with van der Waals surface area (Å²) >= 11 is 0. The van der Waals surface area contributed by atoms with Crippen LogP contribution in [0, 0.1) is 0 Å². The van der Waals surface area contributed by atoms with Crippen molar-refractivity contribution in [2.24, 2.45) is 0 Å². The summed E-state index contributed by atoms with van der Waals surface area (Å²) in [6.45, 7) is 0. The Bertz CT molecular complexity index is 2800. The van der Waals surface area contributed by atoms with Crippen LogP contribution in [0.3, 0.4) is 0 Å². The van der Waals surface area contributed by atoms with Crippen molar-refractivity contribution < 1.29 is 0 Å². The predicted molar refractivity (Wildman–Crippen MR) is 234 cm³/mol. The number of benzene rings is 8. The zero-order valence-corrected chi connectivity index (χ0v) is 31.3. The molecule has 0 saturated heterocycles. The molecule has 0 spiro atoms. The fourth-order valence-corrected chi connectivity index (χ4v) is 7.27.